The molecule has 2 heterocycles. The lowest BCUT2D eigenvalue weighted by Gasteiger charge is -2.44. The lowest BCUT2D eigenvalue weighted by molar-refractivity contribution is -0.126. The van der Waals surface area contributed by atoms with E-state index in [0.29, 0.717) is 17.9 Å². The zero-order valence-corrected chi connectivity index (χ0v) is 19.4. The topological polar surface area (TPSA) is 55.8 Å². The van der Waals surface area contributed by atoms with Gasteiger partial charge in [-0.1, -0.05) is 60.2 Å². The van der Waals surface area contributed by atoms with Crippen LogP contribution in [0.2, 0.25) is 0 Å². The van der Waals surface area contributed by atoms with Crippen molar-refractivity contribution in [3.8, 4) is 0 Å². The molecule has 0 aromatic heterocycles. The molecule has 166 valence electrons. The molecule has 0 unspecified atom stereocenters. The number of benzene rings is 2. The lowest BCUT2D eigenvalue weighted by atomic mass is 9.56. The maximum absolute atomic E-state index is 14.2. The third-order valence-electron chi connectivity index (χ3n) is 8.10. The van der Waals surface area contributed by atoms with Gasteiger partial charge in [-0.15, -0.1) is 0 Å². The molecule has 2 aromatic rings. The number of ketones is 1. The van der Waals surface area contributed by atoms with Crippen molar-refractivity contribution in [3.63, 3.8) is 0 Å². The summed E-state index contributed by atoms with van der Waals surface area (Å²) in [4.78, 5) is 14.2. The standard InChI is InChI=1S/C28H30O4/c1-17-13-18(2)22(19(3)14-17)23-24(30)26(4)21-11-12-28(16-29,32-21)27(26,5)25(23)31-15-20-9-7-6-8-10-20/h6-14,21,29H,15-16H2,1-5H3/t21-,26+,27-,28-/m0/s1. The van der Waals surface area contributed by atoms with Crippen molar-refractivity contribution in [3.05, 3.63) is 88.2 Å². The van der Waals surface area contributed by atoms with Gasteiger partial charge in [0.2, 0.25) is 0 Å². The molecule has 1 aliphatic carbocycles. The number of hydrogen-bond acceptors (Lipinski definition) is 4. The predicted octanol–water partition coefficient (Wildman–Crippen LogP) is 4.83. The van der Waals surface area contributed by atoms with Crippen molar-refractivity contribution < 1.29 is 19.4 Å². The molecule has 5 rings (SSSR count). The van der Waals surface area contributed by atoms with E-state index in [0.717, 1.165) is 27.8 Å². The van der Waals surface area contributed by atoms with Gasteiger partial charge < -0.3 is 14.6 Å². The Balaban J connectivity index is 1.75. The minimum atomic E-state index is -0.984. The summed E-state index contributed by atoms with van der Waals surface area (Å²) >= 11 is 0. The fourth-order valence-corrected chi connectivity index (χ4v) is 6.26. The second kappa shape index (κ2) is 6.90. The maximum Gasteiger partial charge on any atom is 0.176 e. The molecular weight excluding hydrogens is 400 g/mol. The summed E-state index contributed by atoms with van der Waals surface area (Å²) in [5.74, 6) is 0.660. The highest BCUT2D eigenvalue weighted by molar-refractivity contribution is 6.28. The SMILES string of the molecule is Cc1cc(C)c(C2=C(OCc3ccccc3)[C@@]3(C)[C@@](C)(C2=O)[C@@H]2C=C[C@@]3(CO)O2)c(C)c1. The van der Waals surface area contributed by atoms with Crippen LogP contribution in [0.25, 0.3) is 5.57 Å². The average molecular weight is 431 g/mol. The molecule has 2 aliphatic heterocycles. The average Bonchev–Trinajstić information content (AvgIpc) is 3.34. The van der Waals surface area contributed by atoms with Gasteiger partial charge in [-0.05, 0) is 56.9 Å². The lowest BCUT2D eigenvalue weighted by Crippen LogP contribution is -2.54. The molecule has 1 fully saturated rings. The van der Waals surface area contributed by atoms with E-state index in [-0.39, 0.29) is 12.4 Å². The number of fused-ring (bicyclic) bond motifs is 5. The van der Waals surface area contributed by atoms with Crippen molar-refractivity contribution in [2.24, 2.45) is 10.8 Å². The van der Waals surface area contributed by atoms with E-state index < -0.39 is 22.5 Å². The Morgan fingerprint density at radius 3 is 2.34 bits per heavy atom. The minimum Gasteiger partial charge on any atom is -0.492 e. The van der Waals surface area contributed by atoms with E-state index in [1.54, 1.807) is 0 Å². The Kier molecular flexibility index (Phi) is 4.57. The number of aliphatic hydroxyl groups is 1. The number of Topliss-reactive ketones (excluding diaryl/α,β-unsaturated/α-hetero) is 1. The molecule has 4 atom stereocenters. The normalized spacial score (nSPS) is 32.7. The molecule has 0 saturated carbocycles. The van der Waals surface area contributed by atoms with Crippen LogP contribution in [-0.2, 0) is 20.9 Å². The number of allylic oxidation sites excluding steroid dienone is 1. The summed E-state index contributed by atoms with van der Waals surface area (Å²) in [6.07, 6.45) is 3.46. The third kappa shape index (κ3) is 2.42. The number of aliphatic hydroxyl groups excluding tert-OH is 1. The van der Waals surface area contributed by atoms with Gasteiger partial charge in [-0.3, -0.25) is 4.79 Å². The van der Waals surface area contributed by atoms with E-state index in [1.807, 2.05) is 70.2 Å². The van der Waals surface area contributed by atoms with Crippen LogP contribution in [0.5, 0.6) is 0 Å². The zero-order chi connectivity index (χ0) is 22.9. The summed E-state index contributed by atoms with van der Waals surface area (Å²) in [6, 6.07) is 14.2. The third-order valence-corrected chi connectivity index (χ3v) is 8.10. The van der Waals surface area contributed by atoms with Crippen molar-refractivity contribution in [2.75, 3.05) is 6.61 Å². The summed E-state index contributed by atoms with van der Waals surface area (Å²) in [5, 5.41) is 10.5. The summed E-state index contributed by atoms with van der Waals surface area (Å²) in [7, 11) is 0. The molecule has 32 heavy (non-hydrogen) atoms. The Bertz CT molecular complexity index is 1150. The van der Waals surface area contributed by atoms with Gasteiger partial charge in [0, 0.05) is 0 Å². The van der Waals surface area contributed by atoms with Crippen LogP contribution in [0.1, 0.15) is 41.7 Å². The Labute approximate surface area is 189 Å². The second-order valence-electron chi connectivity index (χ2n) is 9.85. The van der Waals surface area contributed by atoms with Gasteiger partial charge >= 0.3 is 0 Å². The number of ether oxygens (including phenoxy) is 2. The zero-order valence-electron chi connectivity index (χ0n) is 19.4. The Hall–Kier alpha value is -2.69. The fourth-order valence-electron chi connectivity index (χ4n) is 6.26. The molecular formula is C28H30O4. The molecule has 4 heteroatoms. The van der Waals surface area contributed by atoms with E-state index in [1.165, 1.54) is 0 Å². The van der Waals surface area contributed by atoms with Gasteiger partial charge in [0.1, 0.15) is 18.0 Å². The molecule has 1 saturated heterocycles. The first-order valence-corrected chi connectivity index (χ1v) is 11.2. The van der Waals surface area contributed by atoms with Crippen LogP contribution in [0, 0.1) is 31.6 Å². The molecule has 3 aliphatic rings. The highest BCUT2D eigenvalue weighted by Gasteiger charge is 2.78. The van der Waals surface area contributed by atoms with Crippen molar-refractivity contribution in [2.45, 2.75) is 52.9 Å². The summed E-state index contributed by atoms with van der Waals surface area (Å²) in [6.45, 7) is 10.3. The number of rotatable bonds is 5. The molecule has 0 amide bonds. The van der Waals surface area contributed by atoms with E-state index in [4.69, 9.17) is 9.47 Å². The summed E-state index contributed by atoms with van der Waals surface area (Å²) in [5.41, 5.74) is 3.21. The van der Waals surface area contributed by atoms with Crippen molar-refractivity contribution >= 4 is 11.4 Å². The smallest absolute Gasteiger partial charge is 0.176 e. The number of carbonyl (C=O) groups is 1. The molecule has 2 aromatic carbocycles. The van der Waals surface area contributed by atoms with Gasteiger partial charge in [-0.25, -0.2) is 0 Å². The maximum atomic E-state index is 14.2. The van der Waals surface area contributed by atoms with E-state index in [9.17, 15) is 9.90 Å². The van der Waals surface area contributed by atoms with Crippen LogP contribution in [0.4, 0.5) is 0 Å². The van der Waals surface area contributed by atoms with E-state index >= 15 is 0 Å². The Morgan fingerprint density at radius 2 is 1.72 bits per heavy atom. The van der Waals surface area contributed by atoms with Gasteiger partial charge in [-0.2, -0.15) is 0 Å². The highest BCUT2D eigenvalue weighted by atomic mass is 16.5. The van der Waals surface area contributed by atoms with Crippen molar-refractivity contribution in [1.82, 2.24) is 0 Å². The number of aryl methyl sites for hydroxylation is 3. The molecule has 0 spiro atoms. The number of hydrogen-bond donors (Lipinski definition) is 1. The largest absolute Gasteiger partial charge is 0.492 e. The minimum absolute atomic E-state index is 0.0304. The predicted molar refractivity (Wildman–Crippen MR) is 124 cm³/mol. The van der Waals surface area contributed by atoms with Gasteiger partial charge in [0.05, 0.1) is 29.1 Å². The summed E-state index contributed by atoms with van der Waals surface area (Å²) < 4.78 is 12.9. The van der Waals surface area contributed by atoms with Crippen LogP contribution in [0.15, 0.2) is 60.4 Å². The van der Waals surface area contributed by atoms with E-state index in [2.05, 4.69) is 19.1 Å². The van der Waals surface area contributed by atoms with Crippen LogP contribution in [0.3, 0.4) is 0 Å². The van der Waals surface area contributed by atoms with Crippen LogP contribution < -0.4 is 0 Å². The van der Waals surface area contributed by atoms with Gasteiger partial charge in [0.15, 0.2) is 5.78 Å². The highest BCUT2D eigenvalue weighted by Crippen LogP contribution is 2.71. The Morgan fingerprint density at radius 1 is 1.06 bits per heavy atom. The first kappa shape index (κ1) is 21.2. The van der Waals surface area contributed by atoms with Crippen molar-refractivity contribution in [1.29, 1.82) is 0 Å². The number of carbonyl (C=O) groups excluding carboxylic acids is 1. The first-order chi connectivity index (χ1) is 15.2. The quantitative estimate of drug-likeness (QED) is 0.690. The molecule has 1 N–H and O–H groups in total. The first-order valence-electron chi connectivity index (χ1n) is 11.2. The van der Waals surface area contributed by atoms with Gasteiger partial charge in [0.25, 0.3) is 0 Å². The molecule has 0 radical (unpaired) electrons. The van der Waals surface area contributed by atoms with Crippen LogP contribution >= 0.6 is 0 Å². The second-order valence-corrected chi connectivity index (χ2v) is 9.85. The fraction of sp³-hybridized carbons (Fsp3) is 0.393. The molecule has 4 nitrogen and oxygen atoms in total. The molecule has 2 bridgehead atoms. The monoisotopic (exact) mass is 430 g/mol. The van der Waals surface area contributed by atoms with Crippen LogP contribution in [-0.4, -0.2) is 29.2 Å².